The number of aryl methyl sites for hydroxylation is 2. The predicted molar refractivity (Wildman–Crippen MR) is 84.2 cm³/mol. The molecule has 0 radical (unpaired) electrons. The summed E-state index contributed by atoms with van der Waals surface area (Å²) in [6.45, 7) is 12.8. The Morgan fingerprint density at radius 1 is 1.21 bits per heavy atom. The molecule has 1 aromatic heterocycles. The molecule has 1 heterocycles. The van der Waals surface area contributed by atoms with Crippen LogP contribution in [0.15, 0.2) is 43.1 Å². The van der Waals surface area contributed by atoms with E-state index in [0.717, 1.165) is 11.3 Å². The van der Waals surface area contributed by atoms with E-state index < -0.39 is 0 Å². The van der Waals surface area contributed by atoms with Crippen molar-refractivity contribution in [3.63, 3.8) is 0 Å². The molecule has 0 N–H and O–H groups in total. The maximum Gasteiger partial charge on any atom is 0.0522 e. The monoisotopic (exact) mass is 251 g/mol. The molecule has 1 nitrogen and oxygen atoms in total. The van der Waals surface area contributed by atoms with Crippen molar-refractivity contribution < 1.29 is 0 Å². The number of rotatable bonds is 3. The summed E-state index contributed by atoms with van der Waals surface area (Å²) in [5.41, 5.74) is 7.37. The molecule has 2 rings (SSSR count). The van der Waals surface area contributed by atoms with Gasteiger partial charge < -0.3 is 4.57 Å². The molecule has 0 aliphatic carbocycles. The molecule has 0 saturated heterocycles. The molecule has 98 valence electrons. The predicted octanol–water partition coefficient (Wildman–Crippen LogP) is 4.97. The Morgan fingerprint density at radius 3 is 2.63 bits per heavy atom. The van der Waals surface area contributed by atoms with Gasteiger partial charge in [0.1, 0.15) is 0 Å². The van der Waals surface area contributed by atoms with Crippen molar-refractivity contribution in [3.8, 4) is 0 Å². The third-order valence-corrected chi connectivity index (χ3v) is 3.53. The average molecular weight is 251 g/mol. The van der Waals surface area contributed by atoms with Crippen LogP contribution in [-0.4, -0.2) is 4.57 Å². The highest BCUT2D eigenvalue weighted by Crippen LogP contribution is 2.28. The zero-order chi connectivity index (χ0) is 14.0. The highest BCUT2D eigenvalue weighted by molar-refractivity contribution is 5.80. The van der Waals surface area contributed by atoms with Gasteiger partial charge in [-0.05, 0) is 62.1 Å². The Balaban J connectivity index is 2.53. The molecule has 0 spiro atoms. The van der Waals surface area contributed by atoms with Crippen LogP contribution in [0.5, 0.6) is 0 Å². The molecule has 0 bridgehead atoms. The number of hydrogen-bond donors (Lipinski definition) is 0. The van der Waals surface area contributed by atoms with Crippen LogP contribution in [0.1, 0.15) is 34.9 Å². The van der Waals surface area contributed by atoms with Gasteiger partial charge in [0.2, 0.25) is 0 Å². The summed E-state index contributed by atoms with van der Waals surface area (Å²) in [5, 5.41) is 0. The Labute approximate surface area is 115 Å². The van der Waals surface area contributed by atoms with Gasteiger partial charge in [0.05, 0.1) is 5.69 Å². The van der Waals surface area contributed by atoms with Crippen molar-refractivity contribution in [2.75, 3.05) is 0 Å². The molecule has 1 aromatic carbocycles. The van der Waals surface area contributed by atoms with Crippen LogP contribution in [0.4, 0.5) is 0 Å². The van der Waals surface area contributed by atoms with E-state index in [9.17, 15) is 0 Å². The van der Waals surface area contributed by atoms with Crippen molar-refractivity contribution in [1.29, 1.82) is 0 Å². The van der Waals surface area contributed by atoms with E-state index in [1.165, 1.54) is 22.3 Å². The van der Waals surface area contributed by atoms with Crippen molar-refractivity contribution >= 4 is 11.8 Å². The molecule has 0 aliphatic heterocycles. The molecule has 0 unspecified atom stereocenters. The summed E-state index contributed by atoms with van der Waals surface area (Å²) >= 11 is 0. The van der Waals surface area contributed by atoms with Gasteiger partial charge in [0.25, 0.3) is 0 Å². The molecule has 0 saturated carbocycles. The van der Waals surface area contributed by atoms with E-state index in [0.29, 0.717) is 0 Å². The summed E-state index contributed by atoms with van der Waals surface area (Å²) in [6.07, 6.45) is 6.14. The molecule has 0 amide bonds. The van der Waals surface area contributed by atoms with Gasteiger partial charge in [-0.25, -0.2) is 0 Å². The van der Waals surface area contributed by atoms with Crippen molar-refractivity contribution in [3.05, 3.63) is 71.1 Å². The van der Waals surface area contributed by atoms with Crippen molar-refractivity contribution in [2.45, 2.75) is 27.7 Å². The minimum absolute atomic E-state index is 1.08. The molecule has 2 aromatic rings. The van der Waals surface area contributed by atoms with E-state index in [-0.39, 0.29) is 0 Å². The average Bonchev–Trinajstić information content (AvgIpc) is 2.81. The minimum Gasteiger partial charge on any atom is -0.324 e. The van der Waals surface area contributed by atoms with Crippen LogP contribution in [0.3, 0.4) is 0 Å². The molecule has 1 heteroatoms. The highest BCUT2D eigenvalue weighted by atomic mass is 14.9. The molecule has 0 fully saturated rings. The van der Waals surface area contributed by atoms with Crippen LogP contribution in [-0.2, 0) is 0 Å². The van der Waals surface area contributed by atoms with Gasteiger partial charge in [-0.2, -0.15) is 0 Å². The largest absolute Gasteiger partial charge is 0.324 e. The molecular formula is C18H21N. The second-order valence-corrected chi connectivity index (χ2v) is 5.02. The first kappa shape index (κ1) is 13.4. The molecule has 0 aliphatic rings. The zero-order valence-corrected chi connectivity index (χ0v) is 12.2. The van der Waals surface area contributed by atoms with E-state index in [1.807, 2.05) is 13.0 Å². The summed E-state index contributed by atoms with van der Waals surface area (Å²) in [5.74, 6) is 0. The van der Waals surface area contributed by atoms with Gasteiger partial charge in [-0.1, -0.05) is 30.4 Å². The number of benzene rings is 1. The summed E-state index contributed by atoms with van der Waals surface area (Å²) < 4.78 is 2.11. The highest BCUT2D eigenvalue weighted by Gasteiger charge is 2.10. The molecule has 19 heavy (non-hydrogen) atoms. The first-order chi connectivity index (χ1) is 9.04. The quantitative estimate of drug-likeness (QED) is 0.726. The first-order valence-corrected chi connectivity index (χ1v) is 6.61. The Hall–Kier alpha value is -2.02. The van der Waals surface area contributed by atoms with Crippen LogP contribution >= 0.6 is 0 Å². The van der Waals surface area contributed by atoms with Crippen LogP contribution < -0.4 is 0 Å². The third-order valence-electron chi connectivity index (χ3n) is 3.53. The SMILES string of the molecule is C=C(c1cc(C)cc(C)c1C)c1cccn1/C=C\C. The summed E-state index contributed by atoms with van der Waals surface area (Å²) in [7, 11) is 0. The Morgan fingerprint density at radius 2 is 1.95 bits per heavy atom. The lowest BCUT2D eigenvalue weighted by atomic mass is 9.94. The van der Waals surface area contributed by atoms with Crippen molar-refractivity contribution in [1.82, 2.24) is 4.57 Å². The summed E-state index contributed by atoms with van der Waals surface area (Å²) in [6, 6.07) is 8.60. The lowest BCUT2D eigenvalue weighted by Gasteiger charge is -2.14. The van der Waals surface area contributed by atoms with Crippen LogP contribution in [0, 0.1) is 20.8 Å². The van der Waals surface area contributed by atoms with Gasteiger partial charge in [0, 0.05) is 12.4 Å². The van der Waals surface area contributed by atoms with E-state index in [4.69, 9.17) is 0 Å². The van der Waals surface area contributed by atoms with E-state index in [1.54, 1.807) is 0 Å². The smallest absolute Gasteiger partial charge is 0.0522 e. The van der Waals surface area contributed by atoms with Gasteiger partial charge in [-0.15, -0.1) is 0 Å². The van der Waals surface area contributed by atoms with Gasteiger partial charge in [-0.3, -0.25) is 0 Å². The first-order valence-electron chi connectivity index (χ1n) is 6.61. The van der Waals surface area contributed by atoms with Gasteiger partial charge >= 0.3 is 0 Å². The zero-order valence-electron chi connectivity index (χ0n) is 12.2. The standard InChI is InChI=1S/C18H21N/c1-6-9-19-10-7-8-18(19)16(5)17-12-13(2)11-14(3)15(17)4/h6-12H,5H2,1-4H3/b9-6-. The number of allylic oxidation sites excluding steroid dienone is 1. The molecule has 0 atom stereocenters. The maximum atomic E-state index is 4.30. The van der Waals surface area contributed by atoms with E-state index in [2.05, 4.69) is 68.6 Å². The van der Waals surface area contributed by atoms with Gasteiger partial charge in [0.15, 0.2) is 0 Å². The van der Waals surface area contributed by atoms with Crippen LogP contribution in [0.2, 0.25) is 0 Å². The topological polar surface area (TPSA) is 4.93 Å². The normalized spacial score (nSPS) is 11.2. The van der Waals surface area contributed by atoms with Crippen LogP contribution in [0.25, 0.3) is 11.8 Å². The lowest BCUT2D eigenvalue weighted by molar-refractivity contribution is 1.13. The Bertz CT molecular complexity index is 642. The number of aromatic nitrogens is 1. The van der Waals surface area contributed by atoms with E-state index >= 15 is 0 Å². The second kappa shape index (κ2) is 5.31. The summed E-state index contributed by atoms with van der Waals surface area (Å²) in [4.78, 5) is 0. The Kier molecular flexibility index (Phi) is 3.75. The third kappa shape index (κ3) is 2.55. The lowest BCUT2D eigenvalue weighted by Crippen LogP contribution is -1.98. The second-order valence-electron chi connectivity index (χ2n) is 5.02. The fraction of sp³-hybridized carbons (Fsp3) is 0.222. The molecular weight excluding hydrogens is 230 g/mol. The minimum atomic E-state index is 1.08. The fourth-order valence-electron chi connectivity index (χ4n) is 2.43. The number of hydrogen-bond acceptors (Lipinski definition) is 0. The maximum absolute atomic E-state index is 4.30. The fourth-order valence-corrected chi connectivity index (χ4v) is 2.43. The number of nitrogens with zero attached hydrogens (tertiary/aromatic N) is 1. The van der Waals surface area contributed by atoms with Crippen molar-refractivity contribution in [2.24, 2.45) is 0 Å².